The van der Waals surface area contributed by atoms with Gasteiger partial charge in [0, 0.05) is 13.1 Å². The van der Waals surface area contributed by atoms with Gasteiger partial charge in [-0.3, -0.25) is 0 Å². The van der Waals surface area contributed by atoms with Crippen molar-refractivity contribution in [1.29, 1.82) is 0 Å². The minimum absolute atomic E-state index is 0.858. The minimum atomic E-state index is 0.858. The SMILES string of the molecule is C1=CC[N]CC=1. The molecule has 0 spiro atoms. The third-order valence-electron chi connectivity index (χ3n) is 0.676. The average molecular weight is 80.1 g/mol. The Morgan fingerprint density at radius 2 is 2.00 bits per heavy atom. The van der Waals surface area contributed by atoms with E-state index in [4.69, 9.17) is 0 Å². The Morgan fingerprint density at radius 3 is 2.17 bits per heavy atom. The van der Waals surface area contributed by atoms with Crippen molar-refractivity contribution >= 4 is 0 Å². The first-order valence-electron chi connectivity index (χ1n) is 2.03. The molecule has 0 aromatic rings. The molecule has 1 heteroatoms. The van der Waals surface area contributed by atoms with E-state index in [1.165, 1.54) is 0 Å². The van der Waals surface area contributed by atoms with Gasteiger partial charge in [0.25, 0.3) is 0 Å². The third-order valence-corrected chi connectivity index (χ3v) is 0.676. The fourth-order valence-corrected chi connectivity index (χ4v) is 0.392. The van der Waals surface area contributed by atoms with Gasteiger partial charge in [0.2, 0.25) is 0 Å². The van der Waals surface area contributed by atoms with Crippen LogP contribution in [-0.2, 0) is 0 Å². The molecule has 0 atom stereocenters. The maximum atomic E-state index is 4.00. The van der Waals surface area contributed by atoms with Gasteiger partial charge in [-0.15, -0.1) is 5.73 Å². The van der Waals surface area contributed by atoms with Crippen molar-refractivity contribution in [2.75, 3.05) is 13.1 Å². The van der Waals surface area contributed by atoms with E-state index in [1.807, 2.05) is 12.2 Å². The fourth-order valence-electron chi connectivity index (χ4n) is 0.392. The van der Waals surface area contributed by atoms with Crippen LogP contribution in [0, 0.1) is 0 Å². The molecule has 0 saturated heterocycles. The molecular weight excluding hydrogens is 74.1 g/mol. The molecule has 6 heavy (non-hydrogen) atoms. The van der Waals surface area contributed by atoms with Crippen molar-refractivity contribution in [3.05, 3.63) is 17.9 Å². The summed E-state index contributed by atoms with van der Waals surface area (Å²) < 4.78 is 0. The van der Waals surface area contributed by atoms with Crippen LogP contribution < -0.4 is 5.32 Å². The quantitative estimate of drug-likeness (QED) is 0.372. The fraction of sp³-hybridized carbons (Fsp3) is 0.400. The molecule has 1 nitrogen and oxygen atoms in total. The summed E-state index contributed by atoms with van der Waals surface area (Å²) in [5.41, 5.74) is 2.94. The Hall–Kier alpha value is -0.520. The maximum Gasteiger partial charge on any atom is 0.0392 e. The van der Waals surface area contributed by atoms with E-state index >= 15 is 0 Å². The summed E-state index contributed by atoms with van der Waals surface area (Å²) in [5.74, 6) is 0. The molecule has 1 aliphatic rings. The summed E-state index contributed by atoms with van der Waals surface area (Å²) in [4.78, 5) is 0. The number of nitrogens with zero attached hydrogens (tertiary/aromatic N) is 1. The number of hydrogen-bond donors (Lipinski definition) is 0. The molecule has 0 aliphatic carbocycles. The van der Waals surface area contributed by atoms with Crippen LogP contribution in [0.15, 0.2) is 17.9 Å². The van der Waals surface area contributed by atoms with Gasteiger partial charge in [-0.05, 0) is 12.2 Å². The van der Waals surface area contributed by atoms with Crippen molar-refractivity contribution in [1.82, 2.24) is 5.32 Å². The molecule has 0 bridgehead atoms. The van der Waals surface area contributed by atoms with Gasteiger partial charge in [0.15, 0.2) is 0 Å². The van der Waals surface area contributed by atoms with Gasteiger partial charge in [0.1, 0.15) is 0 Å². The Labute approximate surface area is 37.4 Å². The molecule has 0 N–H and O–H groups in total. The van der Waals surface area contributed by atoms with Gasteiger partial charge in [-0.2, -0.15) is 0 Å². The lowest BCUT2D eigenvalue weighted by Gasteiger charge is -1.91. The van der Waals surface area contributed by atoms with Crippen molar-refractivity contribution < 1.29 is 0 Å². The monoisotopic (exact) mass is 80.1 g/mol. The molecule has 1 heterocycles. The highest BCUT2D eigenvalue weighted by Gasteiger charge is 1.80. The van der Waals surface area contributed by atoms with Gasteiger partial charge < -0.3 is 0 Å². The lowest BCUT2D eigenvalue weighted by Crippen LogP contribution is -2.05. The smallest absolute Gasteiger partial charge is 0.0392 e. The van der Waals surface area contributed by atoms with Crippen molar-refractivity contribution in [2.24, 2.45) is 0 Å². The van der Waals surface area contributed by atoms with E-state index in [0.29, 0.717) is 0 Å². The van der Waals surface area contributed by atoms with Crippen LogP contribution in [-0.4, -0.2) is 13.1 Å². The topological polar surface area (TPSA) is 14.1 Å². The van der Waals surface area contributed by atoms with Crippen LogP contribution in [0.5, 0.6) is 0 Å². The summed E-state index contributed by atoms with van der Waals surface area (Å²) in [5, 5.41) is 4.00. The minimum Gasteiger partial charge on any atom is -0.232 e. The molecule has 1 rings (SSSR count). The zero-order valence-corrected chi connectivity index (χ0v) is 3.52. The van der Waals surface area contributed by atoms with E-state index < -0.39 is 0 Å². The van der Waals surface area contributed by atoms with Crippen LogP contribution in [0.4, 0.5) is 0 Å². The Balaban J connectivity index is 2.53. The van der Waals surface area contributed by atoms with Gasteiger partial charge in [0.05, 0.1) is 0 Å². The van der Waals surface area contributed by atoms with Gasteiger partial charge in [-0.1, -0.05) is 0 Å². The predicted molar refractivity (Wildman–Crippen MR) is 24.5 cm³/mol. The Bertz CT molecular complexity index is 80.1. The van der Waals surface area contributed by atoms with Crippen molar-refractivity contribution in [3.8, 4) is 0 Å². The molecule has 31 valence electrons. The molecule has 0 saturated carbocycles. The van der Waals surface area contributed by atoms with Gasteiger partial charge in [-0.25, -0.2) is 5.32 Å². The normalized spacial score (nSPS) is 18.7. The number of rotatable bonds is 0. The third kappa shape index (κ3) is 0.713. The van der Waals surface area contributed by atoms with Crippen LogP contribution >= 0.6 is 0 Å². The highest BCUT2D eigenvalue weighted by molar-refractivity contribution is 4.92. The maximum absolute atomic E-state index is 4.00. The lowest BCUT2D eigenvalue weighted by atomic mass is 10.4. The highest BCUT2D eigenvalue weighted by Crippen LogP contribution is 1.74. The molecule has 1 aliphatic heterocycles. The molecule has 1 radical (unpaired) electrons. The van der Waals surface area contributed by atoms with E-state index in [1.54, 1.807) is 0 Å². The zero-order valence-electron chi connectivity index (χ0n) is 3.52. The molecule has 0 fully saturated rings. The highest BCUT2D eigenvalue weighted by atomic mass is 14.8. The largest absolute Gasteiger partial charge is 0.232 e. The van der Waals surface area contributed by atoms with Crippen LogP contribution in [0.1, 0.15) is 0 Å². The lowest BCUT2D eigenvalue weighted by molar-refractivity contribution is 0.812. The van der Waals surface area contributed by atoms with Gasteiger partial charge >= 0.3 is 0 Å². The first kappa shape index (κ1) is 3.66. The van der Waals surface area contributed by atoms with E-state index in [0.717, 1.165) is 13.1 Å². The number of hydrogen-bond acceptors (Lipinski definition) is 0. The summed E-state index contributed by atoms with van der Waals surface area (Å²) in [7, 11) is 0. The summed E-state index contributed by atoms with van der Waals surface area (Å²) >= 11 is 0. The average Bonchev–Trinajstić information content (AvgIpc) is 1.72. The van der Waals surface area contributed by atoms with E-state index in [-0.39, 0.29) is 0 Å². The summed E-state index contributed by atoms with van der Waals surface area (Å²) in [6, 6.07) is 0. The molecule has 0 amide bonds. The first-order valence-corrected chi connectivity index (χ1v) is 2.03. The van der Waals surface area contributed by atoms with Crippen LogP contribution in [0.2, 0.25) is 0 Å². The Kier molecular flexibility index (Phi) is 1.10. The summed E-state index contributed by atoms with van der Waals surface area (Å²) in [6.07, 6.45) is 3.84. The molecule has 0 aromatic heterocycles. The summed E-state index contributed by atoms with van der Waals surface area (Å²) in [6.45, 7) is 1.72. The second-order valence-corrected chi connectivity index (χ2v) is 1.16. The standard InChI is InChI=1S/C5H6N/c1-2-4-6-5-3-1/h2-3H,4-5H2. The van der Waals surface area contributed by atoms with Crippen LogP contribution in [0.25, 0.3) is 0 Å². The molecule has 0 unspecified atom stereocenters. The molecule has 0 aromatic carbocycles. The van der Waals surface area contributed by atoms with Crippen molar-refractivity contribution in [2.45, 2.75) is 0 Å². The Morgan fingerprint density at radius 1 is 1.33 bits per heavy atom. The van der Waals surface area contributed by atoms with E-state index in [2.05, 4.69) is 11.0 Å². The van der Waals surface area contributed by atoms with Crippen molar-refractivity contribution in [3.63, 3.8) is 0 Å². The van der Waals surface area contributed by atoms with Crippen LogP contribution in [0.3, 0.4) is 0 Å². The zero-order chi connectivity index (χ0) is 4.24. The second kappa shape index (κ2) is 1.81. The first-order chi connectivity index (χ1) is 3.00. The van der Waals surface area contributed by atoms with E-state index in [9.17, 15) is 0 Å². The second-order valence-electron chi connectivity index (χ2n) is 1.16. The predicted octanol–water partition coefficient (Wildman–Crippen LogP) is 0.316. The molecular formula is C5H6N.